The molecule has 0 saturated carbocycles. The van der Waals surface area contributed by atoms with Crippen molar-refractivity contribution in [1.29, 1.82) is 0 Å². The van der Waals surface area contributed by atoms with Crippen molar-refractivity contribution in [2.24, 2.45) is 5.73 Å². The van der Waals surface area contributed by atoms with Crippen LogP contribution in [0.4, 0.5) is 0 Å². The summed E-state index contributed by atoms with van der Waals surface area (Å²) < 4.78 is 1.06. The fourth-order valence-corrected chi connectivity index (χ4v) is 2.56. The van der Waals surface area contributed by atoms with Crippen molar-refractivity contribution in [2.75, 3.05) is 0 Å². The monoisotopic (exact) mass is 301 g/mol. The van der Waals surface area contributed by atoms with Crippen LogP contribution in [0.1, 0.15) is 5.56 Å². The van der Waals surface area contributed by atoms with E-state index in [4.69, 9.17) is 5.73 Å². The van der Waals surface area contributed by atoms with Gasteiger partial charge in [0, 0.05) is 34.4 Å². The molecule has 0 fully saturated rings. The Kier molecular flexibility index (Phi) is 2.89. The standard InChI is InChI=1S/C14H12BrN3/c15-12-3-1-2-10-11(8-18-14(10)12)13-6-9(7-16)4-5-17-13/h1-6,8,18H,7,16H2. The summed E-state index contributed by atoms with van der Waals surface area (Å²) in [6, 6.07) is 10.1. The van der Waals surface area contributed by atoms with E-state index < -0.39 is 0 Å². The molecule has 0 radical (unpaired) electrons. The first-order valence-corrected chi connectivity index (χ1v) is 6.50. The molecule has 3 aromatic rings. The van der Waals surface area contributed by atoms with Gasteiger partial charge in [0.15, 0.2) is 0 Å². The Labute approximate surface area is 113 Å². The van der Waals surface area contributed by atoms with Crippen molar-refractivity contribution in [3.63, 3.8) is 0 Å². The number of H-pyrrole nitrogens is 1. The van der Waals surface area contributed by atoms with E-state index in [1.54, 1.807) is 6.20 Å². The van der Waals surface area contributed by atoms with Gasteiger partial charge in [-0.25, -0.2) is 0 Å². The van der Waals surface area contributed by atoms with E-state index in [9.17, 15) is 0 Å². The Morgan fingerprint density at radius 2 is 2.17 bits per heavy atom. The fraction of sp³-hybridized carbons (Fsp3) is 0.0714. The van der Waals surface area contributed by atoms with Gasteiger partial charge < -0.3 is 10.7 Å². The topological polar surface area (TPSA) is 54.7 Å². The molecule has 2 heterocycles. The maximum atomic E-state index is 5.67. The van der Waals surface area contributed by atoms with Crippen LogP contribution in [0.15, 0.2) is 47.2 Å². The number of hydrogen-bond acceptors (Lipinski definition) is 2. The first-order valence-electron chi connectivity index (χ1n) is 5.70. The van der Waals surface area contributed by atoms with Gasteiger partial charge in [-0.15, -0.1) is 0 Å². The molecule has 90 valence electrons. The van der Waals surface area contributed by atoms with E-state index in [0.29, 0.717) is 6.54 Å². The molecule has 0 unspecified atom stereocenters. The second-order valence-electron chi connectivity index (χ2n) is 4.12. The molecule has 0 spiro atoms. The molecule has 0 aliphatic carbocycles. The minimum atomic E-state index is 0.529. The lowest BCUT2D eigenvalue weighted by molar-refractivity contribution is 1.06. The second kappa shape index (κ2) is 4.55. The van der Waals surface area contributed by atoms with E-state index in [1.807, 2.05) is 30.5 Å². The highest BCUT2D eigenvalue weighted by Crippen LogP contribution is 2.31. The van der Waals surface area contributed by atoms with Gasteiger partial charge in [0.05, 0.1) is 11.2 Å². The number of nitrogens with zero attached hydrogens (tertiary/aromatic N) is 1. The van der Waals surface area contributed by atoms with Crippen LogP contribution >= 0.6 is 15.9 Å². The van der Waals surface area contributed by atoms with E-state index in [1.165, 1.54) is 0 Å². The summed E-state index contributed by atoms with van der Waals surface area (Å²) in [4.78, 5) is 7.69. The maximum Gasteiger partial charge on any atom is 0.0726 e. The number of pyridine rings is 1. The van der Waals surface area contributed by atoms with E-state index in [0.717, 1.165) is 32.2 Å². The van der Waals surface area contributed by atoms with Crippen molar-refractivity contribution in [1.82, 2.24) is 9.97 Å². The molecule has 0 bridgehead atoms. The second-order valence-corrected chi connectivity index (χ2v) is 4.97. The zero-order valence-corrected chi connectivity index (χ0v) is 11.2. The van der Waals surface area contributed by atoms with Gasteiger partial charge in [-0.2, -0.15) is 0 Å². The zero-order chi connectivity index (χ0) is 12.5. The zero-order valence-electron chi connectivity index (χ0n) is 9.65. The number of nitrogens with one attached hydrogen (secondary N) is 1. The molecule has 0 aliphatic heterocycles. The smallest absolute Gasteiger partial charge is 0.0726 e. The maximum absolute atomic E-state index is 5.67. The third-order valence-corrected chi connectivity index (χ3v) is 3.66. The lowest BCUT2D eigenvalue weighted by atomic mass is 10.1. The van der Waals surface area contributed by atoms with E-state index in [-0.39, 0.29) is 0 Å². The summed E-state index contributed by atoms with van der Waals surface area (Å²) in [7, 11) is 0. The normalized spacial score (nSPS) is 11.0. The van der Waals surface area contributed by atoms with E-state index in [2.05, 4.69) is 32.0 Å². The number of hydrogen-bond donors (Lipinski definition) is 2. The van der Waals surface area contributed by atoms with Gasteiger partial charge in [-0.1, -0.05) is 12.1 Å². The minimum Gasteiger partial charge on any atom is -0.360 e. The van der Waals surface area contributed by atoms with Crippen LogP contribution in [0.3, 0.4) is 0 Å². The molecule has 0 saturated heterocycles. The van der Waals surface area contributed by atoms with Crippen LogP contribution < -0.4 is 5.73 Å². The van der Waals surface area contributed by atoms with E-state index >= 15 is 0 Å². The Bertz CT molecular complexity index is 703. The largest absolute Gasteiger partial charge is 0.360 e. The molecule has 0 amide bonds. The molecule has 2 aromatic heterocycles. The van der Waals surface area contributed by atoms with Gasteiger partial charge in [0.1, 0.15) is 0 Å². The molecular formula is C14H12BrN3. The highest BCUT2D eigenvalue weighted by molar-refractivity contribution is 9.10. The number of nitrogens with two attached hydrogens (primary N) is 1. The Hall–Kier alpha value is -1.65. The SMILES string of the molecule is NCc1ccnc(-c2c[nH]c3c(Br)cccc23)c1. The fourth-order valence-electron chi connectivity index (χ4n) is 2.08. The van der Waals surface area contributed by atoms with Gasteiger partial charge in [0.25, 0.3) is 0 Å². The van der Waals surface area contributed by atoms with Crippen LogP contribution in [0.2, 0.25) is 0 Å². The van der Waals surface area contributed by atoms with Crippen molar-refractivity contribution in [3.05, 3.63) is 52.8 Å². The predicted molar refractivity (Wildman–Crippen MR) is 77.1 cm³/mol. The summed E-state index contributed by atoms with van der Waals surface area (Å²) >= 11 is 3.54. The van der Waals surface area contributed by atoms with Crippen LogP contribution in [0, 0.1) is 0 Å². The Balaban J connectivity index is 2.22. The quantitative estimate of drug-likeness (QED) is 0.762. The summed E-state index contributed by atoms with van der Waals surface area (Å²) in [6.07, 6.45) is 3.78. The summed E-state index contributed by atoms with van der Waals surface area (Å²) in [5.41, 5.74) is 9.89. The third kappa shape index (κ3) is 1.83. The molecule has 0 atom stereocenters. The van der Waals surface area contributed by atoms with Crippen molar-refractivity contribution < 1.29 is 0 Å². The molecular weight excluding hydrogens is 290 g/mol. The van der Waals surface area contributed by atoms with Gasteiger partial charge in [-0.05, 0) is 39.7 Å². The Morgan fingerprint density at radius 1 is 1.28 bits per heavy atom. The highest BCUT2D eigenvalue weighted by Gasteiger charge is 2.09. The summed E-state index contributed by atoms with van der Waals surface area (Å²) in [5, 5.41) is 1.16. The lowest BCUT2D eigenvalue weighted by Gasteiger charge is -2.02. The van der Waals surface area contributed by atoms with Crippen LogP contribution in [-0.2, 0) is 6.54 Å². The molecule has 18 heavy (non-hydrogen) atoms. The first-order chi connectivity index (χ1) is 8.79. The number of aromatic nitrogens is 2. The molecule has 3 N–H and O–H groups in total. The third-order valence-electron chi connectivity index (χ3n) is 3.00. The number of rotatable bonds is 2. The van der Waals surface area contributed by atoms with Gasteiger partial charge in [0.2, 0.25) is 0 Å². The number of fused-ring (bicyclic) bond motifs is 1. The first kappa shape index (κ1) is 11.4. The average Bonchev–Trinajstić information content (AvgIpc) is 2.84. The van der Waals surface area contributed by atoms with Gasteiger partial charge >= 0.3 is 0 Å². The van der Waals surface area contributed by atoms with Crippen molar-refractivity contribution in [3.8, 4) is 11.3 Å². The number of aromatic amines is 1. The molecule has 0 aliphatic rings. The van der Waals surface area contributed by atoms with Crippen molar-refractivity contribution in [2.45, 2.75) is 6.54 Å². The van der Waals surface area contributed by atoms with Crippen molar-refractivity contribution >= 4 is 26.8 Å². The lowest BCUT2D eigenvalue weighted by Crippen LogP contribution is -1.96. The van der Waals surface area contributed by atoms with Crippen LogP contribution in [0.25, 0.3) is 22.2 Å². The average molecular weight is 302 g/mol. The van der Waals surface area contributed by atoms with Gasteiger partial charge in [-0.3, -0.25) is 4.98 Å². The summed E-state index contributed by atoms with van der Waals surface area (Å²) in [6.45, 7) is 0.529. The minimum absolute atomic E-state index is 0.529. The van der Waals surface area contributed by atoms with Crippen LogP contribution in [-0.4, -0.2) is 9.97 Å². The molecule has 3 nitrogen and oxygen atoms in total. The molecule has 1 aromatic carbocycles. The number of benzene rings is 1. The molecule has 4 heteroatoms. The van der Waals surface area contributed by atoms with Crippen LogP contribution in [0.5, 0.6) is 0 Å². The summed E-state index contributed by atoms with van der Waals surface area (Å²) in [5.74, 6) is 0. The number of para-hydroxylation sites is 1. The highest BCUT2D eigenvalue weighted by atomic mass is 79.9. The molecule has 3 rings (SSSR count). The predicted octanol–water partition coefficient (Wildman–Crippen LogP) is 3.45. The number of halogens is 1. The Morgan fingerprint density at radius 3 is 3.00 bits per heavy atom.